The normalized spacial score (nSPS) is 20.5. The maximum absolute atomic E-state index is 13.0. The first-order valence-corrected chi connectivity index (χ1v) is 10.4. The van der Waals surface area contributed by atoms with Crippen LogP contribution in [0, 0.1) is 5.82 Å². The summed E-state index contributed by atoms with van der Waals surface area (Å²) in [6.45, 7) is 4.00. The highest BCUT2D eigenvalue weighted by molar-refractivity contribution is 14.0. The highest BCUT2D eigenvalue weighted by Gasteiger charge is 2.39. The molecule has 0 bridgehead atoms. The molecular formula is C19H30FIN4S. The van der Waals surface area contributed by atoms with E-state index < -0.39 is 0 Å². The van der Waals surface area contributed by atoms with E-state index in [0.29, 0.717) is 6.54 Å². The van der Waals surface area contributed by atoms with Crippen molar-refractivity contribution in [3.63, 3.8) is 0 Å². The van der Waals surface area contributed by atoms with Gasteiger partial charge in [0.25, 0.3) is 0 Å². The molecular weight excluding hydrogens is 462 g/mol. The minimum absolute atomic E-state index is 0. The van der Waals surface area contributed by atoms with E-state index in [1.807, 2.05) is 0 Å². The summed E-state index contributed by atoms with van der Waals surface area (Å²) in [7, 11) is 1.80. The van der Waals surface area contributed by atoms with Gasteiger partial charge in [-0.05, 0) is 30.5 Å². The third kappa shape index (κ3) is 5.73. The summed E-state index contributed by atoms with van der Waals surface area (Å²) in [5.41, 5.74) is 1.34. The van der Waals surface area contributed by atoms with Gasteiger partial charge in [0.1, 0.15) is 5.82 Å². The predicted octanol–water partition coefficient (Wildman–Crippen LogP) is 3.47. The zero-order valence-electron chi connectivity index (χ0n) is 15.5. The van der Waals surface area contributed by atoms with Crippen LogP contribution < -0.4 is 10.6 Å². The van der Waals surface area contributed by atoms with Crippen molar-refractivity contribution in [2.75, 3.05) is 38.2 Å². The zero-order chi connectivity index (χ0) is 17.5. The molecule has 146 valence electrons. The molecule has 0 spiro atoms. The van der Waals surface area contributed by atoms with E-state index in [0.717, 1.165) is 18.1 Å². The summed E-state index contributed by atoms with van der Waals surface area (Å²) in [6.07, 6.45) is 5.21. The quantitative estimate of drug-likeness (QED) is 0.375. The monoisotopic (exact) mass is 492 g/mol. The number of guanidine groups is 1. The van der Waals surface area contributed by atoms with Gasteiger partial charge in [-0.15, -0.1) is 24.0 Å². The lowest BCUT2D eigenvalue weighted by atomic mass is 9.94. The van der Waals surface area contributed by atoms with Crippen molar-refractivity contribution in [1.82, 2.24) is 15.5 Å². The lowest BCUT2D eigenvalue weighted by Crippen LogP contribution is -2.57. The molecule has 1 aromatic carbocycles. The second-order valence-corrected chi connectivity index (χ2v) is 8.16. The van der Waals surface area contributed by atoms with Gasteiger partial charge in [-0.25, -0.2) is 4.39 Å². The van der Waals surface area contributed by atoms with E-state index in [-0.39, 0.29) is 35.3 Å². The van der Waals surface area contributed by atoms with E-state index in [1.165, 1.54) is 62.4 Å². The molecule has 1 saturated heterocycles. The summed E-state index contributed by atoms with van der Waals surface area (Å²) < 4.78 is 13.0. The van der Waals surface area contributed by atoms with Crippen molar-refractivity contribution in [2.24, 2.45) is 4.99 Å². The highest BCUT2D eigenvalue weighted by Crippen LogP contribution is 2.36. The maximum Gasteiger partial charge on any atom is 0.191 e. The molecule has 7 heteroatoms. The average Bonchev–Trinajstić information content (AvgIpc) is 3.14. The van der Waals surface area contributed by atoms with Gasteiger partial charge in [0, 0.05) is 50.3 Å². The molecule has 0 radical (unpaired) electrons. The third-order valence-corrected chi connectivity index (χ3v) is 6.34. The largest absolute Gasteiger partial charge is 0.355 e. The van der Waals surface area contributed by atoms with Crippen LogP contribution in [0.2, 0.25) is 0 Å². The Morgan fingerprint density at radius 2 is 1.81 bits per heavy atom. The van der Waals surface area contributed by atoms with Gasteiger partial charge in [-0.1, -0.05) is 25.0 Å². The number of nitrogens with zero attached hydrogens (tertiary/aromatic N) is 2. The fraction of sp³-hybridized carbons (Fsp3) is 0.632. The summed E-state index contributed by atoms with van der Waals surface area (Å²) >= 11 is 2.07. The second-order valence-electron chi connectivity index (χ2n) is 6.94. The van der Waals surface area contributed by atoms with Gasteiger partial charge >= 0.3 is 0 Å². The number of aliphatic imine (C=N–C) groups is 1. The molecule has 1 aliphatic heterocycles. The zero-order valence-corrected chi connectivity index (χ0v) is 18.6. The molecule has 1 saturated carbocycles. The third-order valence-electron chi connectivity index (χ3n) is 5.40. The van der Waals surface area contributed by atoms with Crippen LogP contribution in [0.3, 0.4) is 0 Å². The van der Waals surface area contributed by atoms with Gasteiger partial charge in [0.2, 0.25) is 0 Å². The molecule has 0 unspecified atom stereocenters. The van der Waals surface area contributed by atoms with Crippen molar-refractivity contribution in [2.45, 2.75) is 37.8 Å². The van der Waals surface area contributed by atoms with Crippen LogP contribution in [-0.2, 0) is 6.54 Å². The van der Waals surface area contributed by atoms with Gasteiger partial charge in [-0.2, -0.15) is 11.8 Å². The van der Waals surface area contributed by atoms with Crippen molar-refractivity contribution in [3.05, 3.63) is 35.6 Å². The van der Waals surface area contributed by atoms with Crippen molar-refractivity contribution < 1.29 is 4.39 Å². The SMILES string of the molecule is CN=C(NCc1ccc(F)cc1)NCC1(N2CCSCC2)CCCC1.I. The number of hydrogen-bond acceptors (Lipinski definition) is 3. The molecule has 0 amide bonds. The van der Waals surface area contributed by atoms with Crippen LogP contribution in [-0.4, -0.2) is 54.6 Å². The minimum atomic E-state index is -0.200. The smallest absolute Gasteiger partial charge is 0.191 e. The van der Waals surface area contributed by atoms with Crippen LogP contribution in [0.1, 0.15) is 31.2 Å². The van der Waals surface area contributed by atoms with E-state index >= 15 is 0 Å². The summed E-state index contributed by atoms with van der Waals surface area (Å²) in [4.78, 5) is 7.06. The number of benzene rings is 1. The first-order valence-electron chi connectivity index (χ1n) is 9.24. The van der Waals surface area contributed by atoms with Crippen LogP contribution in [0.5, 0.6) is 0 Å². The number of nitrogens with one attached hydrogen (secondary N) is 2. The fourth-order valence-electron chi connectivity index (χ4n) is 3.93. The van der Waals surface area contributed by atoms with Crippen LogP contribution >= 0.6 is 35.7 Å². The predicted molar refractivity (Wildman–Crippen MR) is 120 cm³/mol. The standard InChI is InChI=1S/C19H29FN4S.HI/c1-21-18(22-14-16-4-6-17(20)7-5-16)23-15-19(8-2-3-9-19)24-10-12-25-13-11-24;/h4-7H,2-3,8-15H2,1H3,(H2,21,22,23);1H. The minimum Gasteiger partial charge on any atom is -0.355 e. The van der Waals surface area contributed by atoms with Crippen LogP contribution in [0.15, 0.2) is 29.3 Å². The highest BCUT2D eigenvalue weighted by atomic mass is 127. The molecule has 0 atom stereocenters. The first kappa shape index (κ1) is 21.8. The lowest BCUT2D eigenvalue weighted by Gasteiger charge is -2.43. The van der Waals surface area contributed by atoms with Crippen molar-refractivity contribution in [3.8, 4) is 0 Å². The Morgan fingerprint density at radius 1 is 1.15 bits per heavy atom. The number of rotatable bonds is 5. The summed E-state index contributed by atoms with van der Waals surface area (Å²) in [5.74, 6) is 3.12. The first-order chi connectivity index (χ1) is 12.2. The molecule has 26 heavy (non-hydrogen) atoms. The number of halogens is 2. The maximum atomic E-state index is 13.0. The Kier molecular flexibility index (Phi) is 8.96. The van der Waals surface area contributed by atoms with Gasteiger partial charge in [0.05, 0.1) is 0 Å². The number of hydrogen-bond donors (Lipinski definition) is 2. The molecule has 2 N–H and O–H groups in total. The number of thioether (sulfide) groups is 1. The van der Waals surface area contributed by atoms with E-state index in [1.54, 1.807) is 19.2 Å². The van der Waals surface area contributed by atoms with Gasteiger partial charge in [0.15, 0.2) is 5.96 Å². The topological polar surface area (TPSA) is 39.7 Å². The molecule has 0 aromatic heterocycles. The van der Waals surface area contributed by atoms with Crippen LogP contribution in [0.25, 0.3) is 0 Å². The van der Waals surface area contributed by atoms with E-state index in [9.17, 15) is 4.39 Å². The Labute approximate surface area is 177 Å². The lowest BCUT2D eigenvalue weighted by molar-refractivity contribution is 0.107. The Hall–Kier alpha value is -0.540. The Morgan fingerprint density at radius 3 is 2.42 bits per heavy atom. The van der Waals surface area contributed by atoms with Gasteiger partial charge < -0.3 is 10.6 Å². The van der Waals surface area contributed by atoms with E-state index in [2.05, 4.69) is 32.3 Å². The van der Waals surface area contributed by atoms with E-state index in [4.69, 9.17) is 0 Å². The molecule has 2 aliphatic rings. The summed E-state index contributed by atoms with van der Waals surface area (Å²) in [5, 5.41) is 6.89. The average molecular weight is 492 g/mol. The molecule has 3 rings (SSSR count). The van der Waals surface area contributed by atoms with Crippen molar-refractivity contribution in [1.29, 1.82) is 0 Å². The second kappa shape index (κ2) is 10.7. The molecule has 1 heterocycles. The van der Waals surface area contributed by atoms with Crippen LogP contribution in [0.4, 0.5) is 4.39 Å². The Bertz CT molecular complexity index is 569. The summed E-state index contributed by atoms with van der Waals surface area (Å²) in [6, 6.07) is 6.60. The molecule has 1 aromatic rings. The molecule has 1 aliphatic carbocycles. The Balaban J connectivity index is 0.00000243. The molecule has 4 nitrogen and oxygen atoms in total. The fourth-order valence-corrected chi connectivity index (χ4v) is 4.84. The van der Waals surface area contributed by atoms with Gasteiger partial charge in [-0.3, -0.25) is 9.89 Å². The molecule has 2 fully saturated rings. The van der Waals surface area contributed by atoms with Crippen molar-refractivity contribution >= 4 is 41.7 Å².